The lowest BCUT2D eigenvalue weighted by atomic mass is 10.0. The molecule has 0 heterocycles. The molecule has 0 radical (unpaired) electrons. The van der Waals surface area contributed by atoms with Gasteiger partial charge >= 0.3 is 0 Å². The number of nitrogens with two attached hydrogens (primary N) is 1. The first kappa shape index (κ1) is 15.7. The third-order valence-electron chi connectivity index (χ3n) is 4.05. The molecule has 0 amide bonds. The van der Waals surface area contributed by atoms with Gasteiger partial charge in [0.25, 0.3) is 0 Å². The Bertz CT molecular complexity index is 562. The molecule has 0 aliphatic heterocycles. The molecule has 0 saturated carbocycles. The van der Waals surface area contributed by atoms with Crippen LogP contribution in [0.5, 0.6) is 0 Å². The Labute approximate surface area is 128 Å². The lowest BCUT2D eigenvalue weighted by molar-refractivity contribution is 0.752. The van der Waals surface area contributed by atoms with Crippen LogP contribution in [0.1, 0.15) is 44.2 Å². The predicted octanol–water partition coefficient (Wildman–Crippen LogP) is 4.34. The summed E-state index contributed by atoms with van der Waals surface area (Å²) in [6, 6.07) is 8.52. The maximum atomic E-state index is 6.35. The van der Waals surface area contributed by atoms with Crippen molar-refractivity contribution in [3.8, 4) is 0 Å². The van der Waals surface area contributed by atoms with E-state index in [2.05, 4.69) is 44.2 Å². The first-order valence-electron chi connectivity index (χ1n) is 7.82. The number of nitrogens with zero attached hydrogens (tertiary/aromatic N) is 1. The van der Waals surface area contributed by atoms with Crippen LogP contribution in [0, 0.1) is 6.92 Å². The summed E-state index contributed by atoms with van der Waals surface area (Å²) >= 11 is 0. The predicted molar refractivity (Wildman–Crippen MR) is 91.7 cm³/mol. The number of hydrogen-bond donors (Lipinski definition) is 1. The van der Waals surface area contributed by atoms with Gasteiger partial charge in [0, 0.05) is 5.71 Å². The van der Waals surface area contributed by atoms with Gasteiger partial charge in [0.1, 0.15) is 0 Å². The summed E-state index contributed by atoms with van der Waals surface area (Å²) in [7, 11) is 0. The lowest BCUT2D eigenvalue weighted by Gasteiger charge is -2.14. The van der Waals surface area contributed by atoms with Gasteiger partial charge in [-0.2, -0.15) is 0 Å². The van der Waals surface area contributed by atoms with Crippen molar-refractivity contribution in [2.45, 2.75) is 52.5 Å². The summed E-state index contributed by atoms with van der Waals surface area (Å²) in [6.45, 7) is 6.22. The van der Waals surface area contributed by atoms with Crippen LogP contribution in [0.15, 0.2) is 52.7 Å². The number of rotatable bonds is 5. The van der Waals surface area contributed by atoms with Crippen molar-refractivity contribution >= 4 is 5.71 Å². The number of allylic oxidation sites excluding steroid dienone is 3. The van der Waals surface area contributed by atoms with E-state index < -0.39 is 0 Å². The molecule has 1 unspecified atom stereocenters. The van der Waals surface area contributed by atoms with Crippen molar-refractivity contribution in [2.75, 3.05) is 0 Å². The van der Waals surface area contributed by atoms with E-state index in [0.717, 1.165) is 24.3 Å². The minimum absolute atomic E-state index is 0.0466. The van der Waals surface area contributed by atoms with E-state index in [0.29, 0.717) is 0 Å². The van der Waals surface area contributed by atoms with Gasteiger partial charge in [-0.15, -0.1) is 0 Å². The first-order valence-corrected chi connectivity index (χ1v) is 7.82. The Morgan fingerprint density at radius 1 is 1.33 bits per heavy atom. The highest BCUT2D eigenvalue weighted by Crippen LogP contribution is 2.20. The zero-order chi connectivity index (χ0) is 15.2. The molecule has 1 aromatic rings. The summed E-state index contributed by atoms with van der Waals surface area (Å²) in [5.74, 6) is 0. The topological polar surface area (TPSA) is 38.4 Å². The molecule has 21 heavy (non-hydrogen) atoms. The van der Waals surface area contributed by atoms with Gasteiger partial charge in [-0.25, -0.2) is 0 Å². The van der Waals surface area contributed by atoms with Crippen molar-refractivity contribution in [3.05, 3.63) is 58.8 Å². The smallest absolute Gasteiger partial charge is 0.0535 e. The van der Waals surface area contributed by atoms with Gasteiger partial charge in [-0.05, 0) is 57.6 Å². The van der Waals surface area contributed by atoms with Gasteiger partial charge in [-0.3, -0.25) is 4.99 Å². The van der Waals surface area contributed by atoms with E-state index in [1.54, 1.807) is 0 Å². The molecule has 0 bridgehead atoms. The monoisotopic (exact) mass is 282 g/mol. The highest BCUT2D eigenvalue weighted by atomic mass is 14.8. The summed E-state index contributed by atoms with van der Waals surface area (Å²) in [6.07, 6.45) is 8.76. The van der Waals surface area contributed by atoms with Crippen LogP contribution in [-0.2, 0) is 6.42 Å². The second-order valence-electron chi connectivity index (χ2n) is 5.83. The summed E-state index contributed by atoms with van der Waals surface area (Å²) in [4.78, 5) is 4.78. The van der Waals surface area contributed by atoms with E-state index in [4.69, 9.17) is 10.7 Å². The minimum atomic E-state index is -0.0466. The van der Waals surface area contributed by atoms with Gasteiger partial charge in [-0.1, -0.05) is 42.0 Å². The molecule has 1 aliphatic rings. The molecule has 0 fully saturated rings. The Kier molecular flexibility index (Phi) is 5.51. The molecule has 2 N–H and O–H groups in total. The van der Waals surface area contributed by atoms with Gasteiger partial charge in [0.05, 0.1) is 11.7 Å². The summed E-state index contributed by atoms with van der Waals surface area (Å²) in [5, 5.41) is 0. The highest BCUT2D eigenvalue weighted by molar-refractivity contribution is 5.99. The zero-order valence-electron chi connectivity index (χ0n) is 13.4. The number of hydrogen-bond acceptors (Lipinski definition) is 2. The summed E-state index contributed by atoms with van der Waals surface area (Å²) in [5.41, 5.74) is 12.4. The summed E-state index contributed by atoms with van der Waals surface area (Å²) < 4.78 is 0. The Hall–Kier alpha value is -1.67. The van der Waals surface area contributed by atoms with E-state index in [1.807, 2.05) is 13.0 Å². The minimum Gasteiger partial charge on any atom is -0.322 e. The average Bonchev–Trinajstić information content (AvgIpc) is 3.01. The molecule has 2 heteroatoms. The second kappa shape index (κ2) is 7.37. The van der Waals surface area contributed by atoms with Crippen molar-refractivity contribution in [2.24, 2.45) is 10.7 Å². The number of benzene rings is 1. The van der Waals surface area contributed by atoms with Crippen LogP contribution in [0.25, 0.3) is 0 Å². The van der Waals surface area contributed by atoms with Gasteiger partial charge < -0.3 is 5.73 Å². The van der Waals surface area contributed by atoms with Crippen molar-refractivity contribution in [3.63, 3.8) is 0 Å². The van der Waals surface area contributed by atoms with E-state index in [9.17, 15) is 0 Å². The molecular formula is C19H26N2. The molecule has 1 aromatic carbocycles. The maximum absolute atomic E-state index is 6.35. The lowest BCUT2D eigenvalue weighted by Crippen LogP contribution is -2.25. The number of aliphatic imine (C=N–C) groups is 1. The fourth-order valence-corrected chi connectivity index (χ4v) is 2.71. The quantitative estimate of drug-likeness (QED) is 0.802. The van der Waals surface area contributed by atoms with Crippen LogP contribution in [0.4, 0.5) is 0 Å². The Morgan fingerprint density at radius 3 is 2.62 bits per heavy atom. The molecule has 1 atom stereocenters. The number of aryl methyl sites for hydroxylation is 1. The standard InChI is InChI=1S/C19H26N2/c1-4-19(21-15(3)17-7-5-6-8-17)18(20)13-16-11-9-14(2)10-12-16/h4,7,9-12,18H,5-6,8,13,20H2,1-3H3/b19-4-,21-15?. The van der Waals surface area contributed by atoms with E-state index >= 15 is 0 Å². The van der Waals surface area contributed by atoms with Crippen LogP contribution in [0.2, 0.25) is 0 Å². The van der Waals surface area contributed by atoms with E-state index in [1.165, 1.54) is 29.5 Å². The van der Waals surface area contributed by atoms with Gasteiger partial charge in [0.15, 0.2) is 0 Å². The molecule has 1 aliphatic carbocycles. The van der Waals surface area contributed by atoms with Crippen LogP contribution in [-0.4, -0.2) is 11.8 Å². The fraction of sp³-hybridized carbons (Fsp3) is 0.421. The zero-order valence-corrected chi connectivity index (χ0v) is 13.4. The van der Waals surface area contributed by atoms with Crippen molar-refractivity contribution in [1.82, 2.24) is 0 Å². The molecule has 0 spiro atoms. The van der Waals surface area contributed by atoms with Crippen LogP contribution in [0.3, 0.4) is 0 Å². The van der Waals surface area contributed by atoms with Gasteiger partial charge in [0.2, 0.25) is 0 Å². The molecule has 2 rings (SSSR count). The first-order chi connectivity index (χ1) is 10.1. The molecular weight excluding hydrogens is 256 g/mol. The molecule has 2 nitrogen and oxygen atoms in total. The average molecular weight is 282 g/mol. The van der Waals surface area contributed by atoms with Crippen molar-refractivity contribution in [1.29, 1.82) is 0 Å². The Balaban J connectivity index is 2.06. The Morgan fingerprint density at radius 2 is 2.05 bits per heavy atom. The second-order valence-corrected chi connectivity index (χ2v) is 5.83. The highest BCUT2D eigenvalue weighted by Gasteiger charge is 2.12. The fourth-order valence-electron chi connectivity index (χ4n) is 2.71. The van der Waals surface area contributed by atoms with E-state index in [-0.39, 0.29) is 6.04 Å². The largest absolute Gasteiger partial charge is 0.322 e. The molecule has 112 valence electrons. The van der Waals surface area contributed by atoms with Crippen LogP contribution >= 0.6 is 0 Å². The third-order valence-corrected chi connectivity index (χ3v) is 4.05. The van der Waals surface area contributed by atoms with Crippen LogP contribution < -0.4 is 5.73 Å². The third kappa shape index (κ3) is 4.40. The maximum Gasteiger partial charge on any atom is 0.0535 e. The molecule has 0 saturated heterocycles. The normalized spacial score (nSPS) is 17.8. The van der Waals surface area contributed by atoms with Crippen molar-refractivity contribution < 1.29 is 0 Å². The molecule has 0 aromatic heterocycles. The SMILES string of the molecule is C/C=C(\N=C(C)C1=CCCC1)C(N)Cc1ccc(C)cc1.